The summed E-state index contributed by atoms with van der Waals surface area (Å²) in [4.78, 5) is 46.8. The molecule has 1 rings (SSSR count). The van der Waals surface area contributed by atoms with Crippen molar-refractivity contribution in [2.45, 2.75) is 25.3 Å². The summed E-state index contributed by atoms with van der Waals surface area (Å²) in [6, 6.07) is 0. The molecule has 1 fully saturated rings. The molecule has 1 aliphatic rings. The van der Waals surface area contributed by atoms with Crippen molar-refractivity contribution in [1.29, 1.82) is 0 Å². The maximum atomic E-state index is 11.2. The van der Waals surface area contributed by atoms with Crippen molar-refractivity contribution in [1.82, 2.24) is 4.90 Å². The van der Waals surface area contributed by atoms with Crippen LogP contribution in [0.15, 0.2) is 0 Å². The average molecular weight is 275 g/mol. The number of rotatable bonds is 3. The van der Waals surface area contributed by atoms with Gasteiger partial charge in [-0.25, -0.2) is 0 Å². The van der Waals surface area contributed by atoms with E-state index >= 15 is 0 Å². The summed E-state index contributed by atoms with van der Waals surface area (Å²) in [7, 11) is -9.62. The molecule has 0 radical (unpaired) electrons. The quantitative estimate of drug-likeness (QED) is 0.446. The van der Waals surface area contributed by atoms with Gasteiger partial charge in [-0.1, -0.05) is 0 Å². The van der Waals surface area contributed by atoms with Crippen LogP contribution in [0.4, 0.5) is 0 Å². The molecule has 1 unspecified atom stereocenters. The second-order valence-corrected chi connectivity index (χ2v) is 8.44. The molecule has 0 bridgehead atoms. The minimum absolute atomic E-state index is 0.355. The Labute approximate surface area is 94.5 Å². The Morgan fingerprint density at radius 2 is 1.69 bits per heavy atom. The zero-order chi connectivity index (χ0) is 12.6. The number of hydrogen-bond acceptors (Lipinski definition) is 5. The first-order valence-electron chi connectivity index (χ1n) is 5.08. The molecule has 5 N–H and O–H groups in total. The Hall–Kier alpha value is 0.420. The van der Waals surface area contributed by atoms with E-state index in [0.717, 1.165) is 12.8 Å². The summed E-state index contributed by atoms with van der Waals surface area (Å²) in [5, 5.41) is 0. The van der Waals surface area contributed by atoms with Crippen molar-refractivity contribution in [3.63, 3.8) is 0 Å². The number of hydrogen-bond donors (Lipinski definition) is 5. The number of piperidine rings is 1. The van der Waals surface area contributed by atoms with Crippen LogP contribution in [-0.4, -0.2) is 48.0 Å². The van der Waals surface area contributed by atoms with Gasteiger partial charge in [-0.2, -0.15) is 0 Å². The molecule has 1 atom stereocenters. The van der Waals surface area contributed by atoms with Crippen LogP contribution >= 0.6 is 15.5 Å². The van der Waals surface area contributed by atoms with Gasteiger partial charge in [-0.15, -0.1) is 0 Å². The summed E-state index contributed by atoms with van der Waals surface area (Å²) in [5.41, 5.74) is -1.84. The third kappa shape index (κ3) is 3.72. The predicted molar refractivity (Wildman–Crippen MR) is 60.8 cm³/mol. The number of nitrogens with zero attached hydrogens (tertiary/aromatic N) is 1. The topological polar surface area (TPSA) is 121 Å². The molecule has 0 aromatic carbocycles. The van der Waals surface area contributed by atoms with Gasteiger partial charge in [0, 0.05) is 0 Å². The molecule has 0 aliphatic carbocycles. The van der Waals surface area contributed by atoms with Crippen molar-refractivity contribution in [3.05, 3.63) is 0 Å². The second kappa shape index (κ2) is 4.96. The Balaban J connectivity index is 2.83. The van der Waals surface area contributed by atoms with Crippen LogP contribution < -0.4 is 0 Å². The maximum absolute atomic E-state index is 11.2. The Morgan fingerprint density at radius 1 is 1.25 bits per heavy atom. The van der Waals surface area contributed by atoms with E-state index in [4.69, 9.17) is 24.5 Å². The SMILES string of the molecule is CC1CCN(C(P(=O)(O)O)[PH](O)(O)O)CC1. The van der Waals surface area contributed by atoms with Crippen LogP contribution in [0.2, 0.25) is 0 Å². The number of likely N-dealkylation sites (tertiary alicyclic amines) is 1. The van der Waals surface area contributed by atoms with E-state index in [1.807, 2.05) is 6.92 Å². The molecule has 0 aromatic heterocycles. The van der Waals surface area contributed by atoms with E-state index in [1.54, 1.807) is 0 Å². The van der Waals surface area contributed by atoms with E-state index in [0.29, 0.717) is 19.0 Å². The Morgan fingerprint density at radius 3 is 2.00 bits per heavy atom. The normalized spacial score (nSPS) is 24.4. The van der Waals surface area contributed by atoms with E-state index in [9.17, 15) is 4.57 Å². The van der Waals surface area contributed by atoms with Crippen LogP contribution in [0.5, 0.6) is 0 Å². The third-order valence-electron chi connectivity index (χ3n) is 2.83. The predicted octanol–water partition coefficient (Wildman–Crippen LogP) is -0.349. The van der Waals surface area contributed by atoms with E-state index < -0.39 is 21.1 Å². The molecule has 0 aromatic rings. The van der Waals surface area contributed by atoms with Crippen LogP contribution in [0.1, 0.15) is 19.8 Å². The second-order valence-electron chi connectivity index (χ2n) is 4.37. The van der Waals surface area contributed by atoms with Crippen molar-refractivity contribution in [2.24, 2.45) is 5.92 Å². The van der Waals surface area contributed by atoms with Crippen molar-refractivity contribution >= 4 is 15.5 Å². The zero-order valence-corrected chi connectivity index (χ0v) is 10.9. The summed E-state index contributed by atoms with van der Waals surface area (Å²) >= 11 is 0. The van der Waals surface area contributed by atoms with Crippen LogP contribution in [0, 0.1) is 5.92 Å². The molecule has 0 saturated carbocycles. The monoisotopic (exact) mass is 275 g/mol. The van der Waals surface area contributed by atoms with E-state index in [-0.39, 0.29) is 0 Å². The molecule has 98 valence electrons. The first-order valence-corrected chi connectivity index (χ1v) is 8.69. The summed E-state index contributed by atoms with van der Waals surface area (Å²) in [5.74, 6) is 0.445. The fourth-order valence-electron chi connectivity index (χ4n) is 1.96. The van der Waals surface area contributed by atoms with Crippen molar-refractivity contribution in [2.75, 3.05) is 13.1 Å². The molecule has 7 nitrogen and oxygen atoms in total. The van der Waals surface area contributed by atoms with Crippen molar-refractivity contribution < 1.29 is 29.0 Å². The molecule has 0 amide bonds. The molecule has 1 aliphatic heterocycles. The first kappa shape index (κ1) is 14.5. The molecule has 16 heavy (non-hydrogen) atoms. The van der Waals surface area contributed by atoms with Gasteiger partial charge >= 0.3 is 93.8 Å². The third-order valence-corrected chi connectivity index (χ3v) is 6.90. The van der Waals surface area contributed by atoms with Gasteiger partial charge in [0.25, 0.3) is 0 Å². The molecule has 0 spiro atoms. The van der Waals surface area contributed by atoms with Gasteiger partial charge in [0.1, 0.15) is 0 Å². The van der Waals surface area contributed by atoms with Crippen LogP contribution in [0.25, 0.3) is 0 Å². The summed E-state index contributed by atoms with van der Waals surface area (Å²) in [6.45, 7) is 2.73. The molecule has 1 saturated heterocycles. The molecular weight excluding hydrogens is 256 g/mol. The summed E-state index contributed by atoms with van der Waals surface area (Å²) < 4.78 is 11.2. The molecule has 9 heteroatoms. The van der Waals surface area contributed by atoms with Gasteiger partial charge in [0.2, 0.25) is 0 Å². The van der Waals surface area contributed by atoms with Crippen LogP contribution in [-0.2, 0) is 4.57 Å². The van der Waals surface area contributed by atoms with Gasteiger partial charge in [-0.3, -0.25) is 0 Å². The molecule has 1 heterocycles. The standard InChI is InChI=1S/C7H19NO6P2/c1-6-2-4-8(5-3-6)7(15(9,10)11)16(12,13)14/h6-7,9-11,15H,2-5H2,1H3,(H2,12,13,14). The van der Waals surface area contributed by atoms with E-state index in [1.165, 1.54) is 4.90 Å². The average Bonchev–Trinajstić information content (AvgIpc) is 2.03. The fourth-order valence-corrected chi connectivity index (χ4v) is 5.17. The van der Waals surface area contributed by atoms with Gasteiger partial charge < -0.3 is 0 Å². The van der Waals surface area contributed by atoms with Gasteiger partial charge in [0.05, 0.1) is 0 Å². The van der Waals surface area contributed by atoms with E-state index in [2.05, 4.69) is 0 Å². The molecular formula is C7H19NO6P2. The summed E-state index contributed by atoms with van der Waals surface area (Å²) in [6.07, 6.45) is 1.45. The Kier molecular flexibility index (Phi) is 4.49. The van der Waals surface area contributed by atoms with Gasteiger partial charge in [0.15, 0.2) is 0 Å². The fraction of sp³-hybridized carbons (Fsp3) is 1.00. The van der Waals surface area contributed by atoms with Crippen molar-refractivity contribution in [3.8, 4) is 0 Å². The Bertz CT molecular complexity index is 279. The zero-order valence-electron chi connectivity index (χ0n) is 9.02. The van der Waals surface area contributed by atoms with Crippen LogP contribution in [0.3, 0.4) is 0 Å². The first-order chi connectivity index (χ1) is 7.12. The van der Waals surface area contributed by atoms with Gasteiger partial charge in [-0.05, 0) is 0 Å². The minimum atomic E-state index is -4.87.